The summed E-state index contributed by atoms with van der Waals surface area (Å²) in [4.78, 5) is 7.66. The van der Waals surface area contributed by atoms with E-state index in [0.717, 1.165) is 0 Å². The standard InChI is InChI=1S/C12H10FN5/c1-6-2-7(4-8(13)3-6)10-9(5-14)11(15)18-12(16)17-10/h2-4H,1H3,(H4,15,16,17,18). The Labute approximate surface area is 103 Å². The van der Waals surface area contributed by atoms with E-state index in [1.165, 1.54) is 12.1 Å². The molecular weight excluding hydrogens is 233 g/mol. The van der Waals surface area contributed by atoms with Gasteiger partial charge in [0.1, 0.15) is 23.3 Å². The van der Waals surface area contributed by atoms with Crippen LogP contribution in [0.5, 0.6) is 0 Å². The van der Waals surface area contributed by atoms with Crippen LogP contribution in [0.2, 0.25) is 0 Å². The van der Waals surface area contributed by atoms with Crippen LogP contribution in [0.4, 0.5) is 16.2 Å². The van der Waals surface area contributed by atoms with Crippen molar-refractivity contribution >= 4 is 11.8 Å². The molecule has 5 nitrogen and oxygen atoms in total. The van der Waals surface area contributed by atoms with Gasteiger partial charge in [0.2, 0.25) is 5.95 Å². The zero-order valence-corrected chi connectivity index (χ0v) is 9.61. The SMILES string of the molecule is Cc1cc(F)cc(-c2nc(N)nc(N)c2C#N)c1. The molecule has 0 aliphatic heterocycles. The molecule has 0 saturated heterocycles. The van der Waals surface area contributed by atoms with Gasteiger partial charge in [-0.15, -0.1) is 0 Å². The predicted octanol–water partition coefficient (Wildman–Crippen LogP) is 1.63. The molecule has 6 heteroatoms. The van der Waals surface area contributed by atoms with Crippen molar-refractivity contribution in [1.82, 2.24) is 9.97 Å². The Morgan fingerprint density at radius 2 is 1.94 bits per heavy atom. The van der Waals surface area contributed by atoms with Crippen LogP contribution in [0.3, 0.4) is 0 Å². The quantitative estimate of drug-likeness (QED) is 0.792. The Morgan fingerprint density at radius 3 is 2.56 bits per heavy atom. The summed E-state index contributed by atoms with van der Waals surface area (Å²) in [6.45, 7) is 1.74. The van der Waals surface area contributed by atoms with Gasteiger partial charge in [-0.25, -0.2) is 9.37 Å². The van der Waals surface area contributed by atoms with Gasteiger partial charge in [-0.1, -0.05) is 0 Å². The van der Waals surface area contributed by atoms with E-state index in [1.54, 1.807) is 13.0 Å². The van der Waals surface area contributed by atoms with E-state index in [2.05, 4.69) is 9.97 Å². The average Bonchev–Trinajstić information content (AvgIpc) is 2.26. The van der Waals surface area contributed by atoms with Crippen molar-refractivity contribution in [3.05, 3.63) is 35.1 Å². The zero-order valence-electron chi connectivity index (χ0n) is 9.61. The number of hydrogen-bond acceptors (Lipinski definition) is 5. The Kier molecular flexibility index (Phi) is 2.81. The number of nitrogens with zero attached hydrogens (tertiary/aromatic N) is 3. The highest BCUT2D eigenvalue weighted by Gasteiger charge is 2.14. The van der Waals surface area contributed by atoms with Gasteiger partial charge in [0.05, 0.1) is 5.69 Å². The monoisotopic (exact) mass is 243 g/mol. The Hall–Kier alpha value is -2.68. The van der Waals surface area contributed by atoms with E-state index in [0.29, 0.717) is 11.1 Å². The normalized spacial score (nSPS) is 10.1. The topological polar surface area (TPSA) is 102 Å². The van der Waals surface area contributed by atoms with Gasteiger partial charge in [0.25, 0.3) is 0 Å². The van der Waals surface area contributed by atoms with Crippen LogP contribution < -0.4 is 11.5 Å². The first kappa shape index (κ1) is 11.8. The lowest BCUT2D eigenvalue weighted by atomic mass is 10.0. The average molecular weight is 243 g/mol. The molecule has 90 valence electrons. The van der Waals surface area contributed by atoms with Crippen LogP contribution in [0.25, 0.3) is 11.3 Å². The van der Waals surface area contributed by atoms with Crippen LogP contribution in [-0.2, 0) is 0 Å². The van der Waals surface area contributed by atoms with Gasteiger partial charge >= 0.3 is 0 Å². The molecule has 0 fully saturated rings. The largest absolute Gasteiger partial charge is 0.382 e. The first-order valence-corrected chi connectivity index (χ1v) is 5.12. The minimum atomic E-state index is -0.412. The number of aromatic nitrogens is 2. The fraction of sp³-hybridized carbons (Fsp3) is 0.0833. The summed E-state index contributed by atoms with van der Waals surface area (Å²) in [6.07, 6.45) is 0. The maximum absolute atomic E-state index is 13.4. The van der Waals surface area contributed by atoms with Gasteiger partial charge in [-0.2, -0.15) is 10.2 Å². The van der Waals surface area contributed by atoms with Crippen molar-refractivity contribution in [2.75, 3.05) is 11.5 Å². The summed E-state index contributed by atoms with van der Waals surface area (Å²) in [5, 5.41) is 9.05. The fourth-order valence-corrected chi connectivity index (χ4v) is 1.69. The third-order valence-corrected chi connectivity index (χ3v) is 2.38. The molecule has 0 bridgehead atoms. The number of benzene rings is 1. The third-order valence-electron chi connectivity index (χ3n) is 2.38. The predicted molar refractivity (Wildman–Crippen MR) is 65.7 cm³/mol. The van der Waals surface area contributed by atoms with Crippen molar-refractivity contribution < 1.29 is 4.39 Å². The van der Waals surface area contributed by atoms with E-state index in [4.69, 9.17) is 16.7 Å². The summed E-state index contributed by atoms with van der Waals surface area (Å²) in [5.41, 5.74) is 12.6. The van der Waals surface area contributed by atoms with Crippen molar-refractivity contribution in [3.8, 4) is 17.3 Å². The maximum Gasteiger partial charge on any atom is 0.222 e. The van der Waals surface area contributed by atoms with Gasteiger partial charge < -0.3 is 11.5 Å². The summed E-state index contributed by atoms with van der Waals surface area (Å²) < 4.78 is 13.4. The molecule has 0 amide bonds. The van der Waals surface area contributed by atoms with Gasteiger partial charge in [-0.05, 0) is 30.7 Å². The fourth-order valence-electron chi connectivity index (χ4n) is 1.69. The molecule has 4 N–H and O–H groups in total. The molecule has 2 rings (SSSR count). The molecule has 1 aromatic carbocycles. The molecule has 1 heterocycles. The Bertz CT molecular complexity index is 640. The molecule has 18 heavy (non-hydrogen) atoms. The lowest BCUT2D eigenvalue weighted by Gasteiger charge is -2.07. The lowest BCUT2D eigenvalue weighted by Crippen LogP contribution is -2.05. The van der Waals surface area contributed by atoms with Crippen molar-refractivity contribution in [2.24, 2.45) is 0 Å². The van der Waals surface area contributed by atoms with Crippen LogP contribution in [-0.4, -0.2) is 9.97 Å². The van der Waals surface area contributed by atoms with Crippen molar-refractivity contribution in [1.29, 1.82) is 5.26 Å². The zero-order chi connectivity index (χ0) is 13.3. The van der Waals surface area contributed by atoms with E-state index < -0.39 is 5.82 Å². The summed E-state index contributed by atoms with van der Waals surface area (Å²) in [7, 11) is 0. The number of halogens is 1. The second kappa shape index (κ2) is 4.30. The highest BCUT2D eigenvalue weighted by atomic mass is 19.1. The molecule has 0 unspecified atom stereocenters. The van der Waals surface area contributed by atoms with Crippen LogP contribution in [0, 0.1) is 24.1 Å². The molecule has 0 aliphatic carbocycles. The minimum Gasteiger partial charge on any atom is -0.382 e. The second-order valence-corrected chi connectivity index (χ2v) is 3.82. The minimum absolute atomic E-state index is 0.0121. The maximum atomic E-state index is 13.4. The molecule has 0 aliphatic rings. The summed E-state index contributed by atoms with van der Waals surface area (Å²) in [6, 6.07) is 6.25. The number of nitrogen functional groups attached to an aromatic ring is 2. The molecule has 0 atom stereocenters. The first-order chi connectivity index (χ1) is 8.51. The Balaban J connectivity index is 2.74. The molecule has 0 radical (unpaired) electrons. The lowest BCUT2D eigenvalue weighted by molar-refractivity contribution is 0.627. The van der Waals surface area contributed by atoms with E-state index in [1.807, 2.05) is 6.07 Å². The molecule has 1 aromatic heterocycles. The highest BCUT2D eigenvalue weighted by molar-refractivity contribution is 5.73. The molecule has 0 saturated carbocycles. The number of nitriles is 1. The second-order valence-electron chi connectivity index (χ2n) is 3.82. The smallest absolute Gasteiger partial charge is 0.222 e. The number of hydrogen-bond donors (Lipinski definition) is 2. The molecule has 0 spiro atoms. The number of aryl methyl sites for hydroxylation is 1. The first-order valence-electron chi connectivity index (χ1n) is 5.12. The molecular formula is C12H10FN5. The summed E-state index contributed by atoms with van der Waals surface area (Å²) in [5.74, 6) is -0.477. The Morgan fingerprint density at radius 1 is 1.22 bits per heavy atom. The molecule has 2 aromatic rings. The van der Waals surface area contributed by atoms with E-state index in [9.17, 15) is 4.39 Å². The van der Waals surface area contributed by atoms with Gasteiger partial charge in [0, 0.05) is 5.56 Å². The number of nitrogens with two attached hydrogens (primary N) is 2. The van der Waals surface area contributed by atoms with Crippen LogP contribution >= 0.6 is 0 Å². The summed E-state index contributed by atoms with van der Waals surface area (Å²) >= 11 is 0. The van der Waals surface area contributed by atoms with E-state index in [-0.39, 0.29) is 23.0 Å². The highest BCUT2D eigenvalue weighted by Crippen LogP contribution is 2.26. The van der Waals surface area contributed by atoms with Crippen LogP contribution in [0.15, 0.2) is 18.2 Å². The van der Waals surface area contributed by atoms with Crippen molar-refractivity contribution in [3.63, 3.8) is 0 Å². The van der Waals surface area contributed by atoms with Crippen LogP contribution in [0.1, 0.15) is 11.1 Å². The third kappa shape index (κ3) is 2.06. The van der Waals surface area contributed by atoms with Gasteiger partial charge in [0.15, 0.2) is 0 Å². The number of rotatable bonds is 1. The van der Waals surface area contributed by atoms with Crippen molar-refractivity contribution in [2.45, 2.75) is 6.92 Å². The number of anilines is 2. The van der Waals surface area contributed by atoms with E-state index >= 15 is 0 Å². The van der Waals surface area contributed by atoms with Gasteiger partial charge in [-0.3, -0.25) is 0 Å².